The molecular formula is C28H30N6O3S. The Labute approximate surface area is 225 Å². The van der Waals surface area contributed by atoms with Crippen molar-refractivity contribution in [2.24, 2.45) is 11.7 Å². The van der Waals surface area contributed by atoms with E-state index in [1.54, 1.807) is 24.4 Å². The molecule has 0 aliphatic heterocycles. The molecule has 4 aromatic rings. The molecule has 2 aromatic carbocycles. The lowest BCUT2D eigenvalue weighted by Gasteiger charge is -2.31. The van der Waals surface area contributed by atoms with Crippen molar-refractivity contribution in [3.05, 3.63) is 82.5 Å². The van der Waals surface area contributed by atoms with Gasteiger partial charge in [0.25, 0.3) is 11.8 Å². The summed E-state index contributed by atoms with van der Waals surface area (Å²) >= 11 is 0.779. The van der Waals surface area contributed by atoms with Crippen LogP contribution >= 0.6 is 11.5 Å². The van der Waals surface area contributed by atoms with Gasteiger partial charge in [-0.05, 0) is 66.7 Å². The molecule has 0 radical (unpaired) electrons. The van der Waals surface area contributed by atoms with Crippen LogP contribution in [0.4, 0.5) is 11.4 Å². The Morgan fingerprint density at radius 1 is 1.08 bits per heavy atom. The Balaban J connectivity index is 1.88. The van der Waals surface area contributed by atoms with Crippen molar-refractivity contribution < 1.29 is 14.4 Å². The molecule has 0 unspecified atom stereocenters. The minimum absolute atomic E-state index is 0.0295. The molecule has 5 N–H and O–H groups in total. The third kappa shape index (κ3) is 5.65. The number of hydrogen-bond acceptors (Lipinski definition) is 7. The van der Waals surface area contributed by atoms with Gasteiger partial charge in [0.15, 0.2) is 5.69 Å². The molecule has 0 aliphatic carbocycles. The van der Waals surface area contributed by atoms with Gasteiger partial charge < -0.3 is 16.8 Å². The number of nitrogens with one attached hydrogen (secondary N) is 1. The Morgan fingerprint density at radius 2 is 1.82 bits per heavy atom. The molecule has 2 aromatic heterocycles. The summed E-state index contributed by atoms with van der Waals surface area (Å²) in [7, 11) is 0. The minimum atomic E-state index is -1.04. The topological polar surface area (TPSA) is 144 Å². The van der Waals surface area contributed by atoms with Crippen molar-refractivity contribution in [2.75, 3.05) is 17.2 Å². The first-order chi connectivity index (χ1) is 18.2. The van der Waals surface area contributed by atoms with Crippen molar-refractivity contribution in [1.82, 2.24) is 14.7 Å². The number of nitrogens with zero attached hydrogens (tertiary/aromatic N) is 3. The maximum atomic E-state index is 14.1. The maximum absolute atomic E-state index is 14.1. The van der Waals surface area contributed by atoms with Crippen molar-refractivity contribution in [1.29, 1.82) is 0 Å². The number of carbonyl (C=O) groups excluding carboxylic acids is 3. The van der Waals surface area contributed by atoms with Gasteiger partial charge in [-0.2, -0.15) is 4.37 Å². The molecule has 1 atom stereocenters. The van der Waals surface area contributed by atoms with Crippen LogP contribution < -0.4 is 21.7 Å². The van der Waals surface area contributed by atoms with Crippen LogP contribution in [0.2, 0.25) is 0 Å². The fourth-order valence-electron chi connectivity index (χ4n) is 4.09. The summed E-state index contributed by atoms with van der Waals surface area (Å²) in [5.74, 6) is -1.35. The van der Waals surface area contributed by atoms with Gasteiger partial charge in [-0.25, -0.2) is 0 Å². The molecular weight excluding hydrogens is 500 g/mol. The summed E-state index contributed by atoms with van der Waals surface area (Å²) in [6.45, 7) is 6.53. The van der Waals surface area contributed by atoms with E-state index in [-0.39, 0.29) is 22.2 Å². The summed E-state index contributed by atoms with van der Waals surface area (Å²) < 4.78 is 4.00. The van der Waals surface area contributed by atoms with E-state index in [9.17, 15) is 14.4 Å². The zero-order valence-electron chi connectivity index (χ0n) is 21.5. The van der Waals surface area contributed by atoms with Crippen LogP contribution in [0.3, 0.4) is 0 Å². The first-order valence-electron chi connectivity index (χ1n) is 12.2. The summed E-state index contributed by atoms with van der Waals surface area (Å²) in [6, 6.07) is 15.4. The zero-order valence-corrected chi connectivity index (χ0v) is 22.3. The highest BCUT2D eigenvalue weighted by Crippen LogP contribution is 2.34. The van der Waals surface area contributed by atoms with Gasteiger partial charge >= 0.3 is 0 Å². The van der Waals surface area contributed by atoms with Gasteiger partial charge in [0.2, 0.25) is 5.91 Å². The molecule has 4 rings (SSSR count). The summed E-state index contributed by atoms with van der Waals surface area (Å²) in [4.78, 5) is 45.6. The van der Waals surface area contributed by atoms with Gasteiger partial charge in [0.05, 0.1) is 11.2 Å². The van der Waals surface area contributed by atoms with Gasteiger partial charge in [-0.3, -0.25) is 24.3 Å². The monoisotopic (exact) mass is 530 g/mol. The highest BCUT2D eigenvalue weighted by molar-refractivity contribution is 7.09. The number of pyridine rings is 1. The van der Waals surface area contributed by atoms with Crippen LogP contribution in [0.25, 0.3) is 10.9 Å². The van der Waals surface area contributed by atoms with Crippen LogP contribution in [-0.2, 0) is 4.79 Å². The smallest absolute Gasteiger partial charge is 0.273 e. The number of primary amides is 1. The third-order valence-electron chi connectivity index (χ3n) is 6.16. The molecule has 38 heavy (non-hydrogen) atoms. The average Bonchev–Trinajstić information content (AvgIpc) is 3.28. The van der Waals surface area contributed by atoms with E-state index in [1.807, 2.05) is 43.3 Å². The number of nitrogen functional groups attached to an aromatic ring is 1. The number of aromatic nitrogens is 2. The number of benzene rings is 2. The standard InChI is InChI=1S/C28H30N6O3S/c1-16(2)12-14-32-27(36)24(19-8-11-21-18(15-19)5-4-13-31-21)34(20-9-6-17(3)7-10-20)28(37)25-22(29)23(26(30)35)33-38-25/h4-11,13,15-16,24H,12,14,29H2,1-3H3,(H2,30,35)(H,32,36)/t24-/m0/s1. The Kier molecular flexibility index (Phi) is 8.02. The van der Waals surface area contributed by atoms with Crippen LogP contribution in [-0.4, -0.2) is 33.6 Å². The largest absolute Gasteiger partial charge is 0.395 e. The normalized spacial score (nSPS) is 11.9. The van der Waals surface area contributed by atoms with E-state index in [4.69, 9.17) is 11.5 Å². The number of nitrogens with two attached hydrogens (primary N) is 2. The molecule has 0 spiro atoms. The second-order valence-electron chi connectivity index (χ2n) is 9.48. The summed E-state index contributed by atoms with van der Waals surface area (Å²) in [5.41, 5.74) is 14.1. The van der Waals surface area contributed by atoms with Gasteiger partial charge in [-0.15, -0.1) is 0 Å². The quantitative estimate of drug-likeness (QED) is 0.295. The van der Waals surface area contributed by atoms with E-state index in [2.05, 4.69) is 28.5 Å². The fourth-order valence-corrected chi connectivity index (χ4v) is 4.83. The van der Waals surface area contributed by atoms with Gasteiger partial charge in [0.1, 0.15) is 10.9 Å². The molecule has 0 aliphatic rings. The number of carbonyl (C=O) groups is 3. The lowest BCUT2D eigenvalue weighted by molar-refractivity contribution is -0.122. The van der Waals surface area contributed by atoms with Crippen molar-refractivity contribution in [2.45, 2.75) is 33.2 Å². The Bertz CT molecular complexity index is 1480. The first-order valence-corrected chi connectivity index (χ1v) is 13.0. The van der Waals surface area contributed by atoms with Crippen molar-refractivity contribution in [3.8, 4) is 0 Å². The van der Waals surface area contributed by atoms with E-state index in [1.165, 1.54) is 4.90 Å². The fraction of sp³-hybridized carbons (Fsp3) is 0.250. The summed E-state index contributed by atoms with van der Waals surface area (Å²) in [6.07, 6.45) is 2.48. The SMILES string of the molecule is Cc1ccc(N(C(=O)c2snc(C(N)=O)c2N)[C@H](C(=O)NCCC(C)C)c2ccc3ncccc3c2)cc1. The zero-order chi connectivity index (χ0) is 27.4. The molecule has 0 saturated carbocycles. The molecule has 3 amide bonds. The molecule has 196 valence electrons. The van der Waals surface area contributed by atoms with Crippen LogP contribution in [0.15, 0.2) is 60.8 Å². The van der Waals surface area contributed by atoms with E-state index < -0.39 is 17.9 Å². The van der Waals surface area contributed by atoms with E-state index >= 15 is 0 Å². The number of anilines is 2. The lowest BCUT2D eigenvalue weighted by Crippen LogP contribution is -2.44. The number of rotatable bonds is 9. The molecule has 2 heterocycles. The van der Waals surface area contributed by atoms with Crippen molar-refractivity contribution in [3.63, 3.8) is 0 Å². The predicted molar refractivity (Wildman–Crippen MR) is 150 cm³/mol. The molecule has 10 heteroatoms. The molecule has 9 nitrogen and oxygen atoms in total. The molecule has 0 saturated heterocycles. The predicted octanol–water partition coefficient (Wildman–Crippen LogP) is 4.23. The number of hydrogen-bond donors (Lipinski definition) is 3. The lowest BCUT2D eigenvalue weighted by atomic mass is 10.00. The van der Waals surface area contributed by atoms with Crippen molar-refractivity contribution >= 4 is 51.5 Å². The van der Waals surface area contributed by atoms with Gasteiger partial charge in [0, 0.05) is 23.8 Å². The minimum Gasteiger partial charge on any atom is -0.395 e. The second kappa shape index (κ2) is 11.4. The highest BCUT2D eigenvalue weighted by atomic mass is 32.1. The Morgan fingerprint density at radius 3 is 2.47 bits per heavy atom. The van der Waals surface area contributed by atoms with E-state index in [0.717, 1.165) is 34.4 Å². The third-order valence-corrected chi connectivity index (χ3v) is 7.01. The number of aryl methyl sites for hydroxylation is 1. The highest BCUT2D eigenvalue weighted by Gasteiger charge is 2.36. The van der Waals surface area contributed by atoms with E-state index in [0.29, 0.717) is 23.7 Å². The molecule has 0 bridgehead atoms. The first kappa shape index (κ1) is 26.7. The van der Waals surface area contributed by atoms with Crippen LogP contribution in [0, 0.1) is 12.8 Å². The Hall–Kier alpha value is -4.31. The van der Waals surface area contributed by atoms with Crippen LogP contribution in [0.1, 0.15) is 57.6 Å². The molecule has 0 fully saturated rings. The number of fused-ring (bicyclic) bond motifs is 1. The maximum Gasteiger partial charge on any atom is 0.273 e. The van der Waals surface area contributed by atoms with Gasteiger partial charge in [-0.1, -0.05) is 43.7 Å². The van der Waals surface area contributed by atoms with Crippen LogP contribution in [0.5, 0.6) is 0 Å². The number of amides is 3. The summed E-state index contributed by atoms with van der Waals surface area (Å²) in [5, 5.41) is 3.83. The average molecular weight is 531 g/mol. The second-order valence-corrected chi connectivity index (χ2v) is 10.3.